The second-order valence-electron chi connectivity index (χ2n) is 6.90. The molecular formula is C19H22FN5O2. The molecule has 2 aromatic rings. The second kappa shape index (κ2) is 7.38. The molecule has 1 aromatic heterocycles. The van der Waals surface area contributed by atoms with Crippen LogP contribution in [0.15, 0.2) is 30.5 Å². The van der Waals surface area contributed by atoms with Crippen molar-refractivity contribution in [2.75, 3.05) is 31.5 Å². The molecule has 142 valence electrons. The first-order valence-corrected chi connectivity index (χ1v) is 9.27. The zero-order valence-corrected chi connectivity index (χ0v) is 15.0. The standard InChI is InChI=1S/C19H22FN5O2/c20-14-4-6-15(7-5-14)22-19(27)24-11-9-23(10-12-24)18(26)16-13-21-25-8-2-1-3-17(16)25/h4-7,13H,1-3,8-12H2,(H,22,27). The number of rotatable bonds is 2. The van der Waals surface area contributed by atoms with E-state index in [0.29, 0.717) is 37.4 Å². The van der Waals surface area contributed by atoms with Crippen molar-refractivity contribution in [1.82, 2.24) is 19.6 Å². The van der Waals surface area contributed by atoms with Crippen molar-refractivity contribution in [3.63, 3.8) is 0 Å². The number of amides is 3. The van der Waals surface area contributed by atoms with Crippen LogP contribution in [-0.2, 0) is 13.0 Å². The number of carbonyl (C=O) groups is 2. The van der Waals surface area contributed by atoms with Crippen molar-refractivity contribution in [3.05, 3.63) is 47.5 Å². The molecule has 0 saturated carbocycles. The maximum Gasteiger partial charge on any atom is 0.321 e. The van der Waals surface area contributed by atoms with Gasteiger partial charge in [0.25, 0.3) is 5.91 Å². The van der Waals surface area contributed by atoms with Gasteiger partial charge in [0, 0.05) is 38.4 Å². The lowest BCUT2D eigenvalue weighted by Gasteiger charge is -2.34. The summed E-state index contributed by atoms with van der Waals surface area (Å²) in [4.78, 5) is 28.7. The lowest BCUT2D eigenvalue weighted by Crippen LogP contribution is -2.51. The third-order valence-corrected chi connectivity index (χ3v) is 5.16. The molecular weight excluding hydrogens is 349 g/mol. The molecule has 0 spiro atoms. The Morgan fingerprint density at radius 3 is 2.41 bits per heavy atom. The first-order valence-electron chi connectivity index (χ1n) is 9.27. The van der Waals surface area contributed by atoms with Crippen molar-refractivity contribution >= 4 is 17.6 Å². The van der Waals surface area contributed by atoms with Crippen LogP contribution >= 0.6 is 0 Å². The molecule has 2 aliphatic rings. The number of fused-ring (bicyclic) bond motifs is 1. The lowest BCUT2D eigenvalue weighted by atomic mass is 10.1. The number of aromatic nitrogens is 2. The fourth-order valence-corrected chi connectivity index (χ4v) is 3.62. The van der Waals surface area contributed by atoms with Crippen molar-refractivity contribution in [1.29, 1.82) is 0 Å². The zero-order valence-electron chi connectivity index (χ0n) is 15.0. The van der Waals surface area contributed by atoms with E-state index in [2.05, 4.69) is 10.4 Å². The van der Waals surface area contributed by atoms with Gasteiger partial charge >= 0.3 is 6.03 Å². The highest BCUT2D eigenvalue weighted by Gasteiger charge is 2.28. The summed E-state index contributed by atoms with van der Waals surface area (Å²) in [5.74, 6) is -0.348. The van der Waals surface area contributed by atoms with Crippen LogP contribution in [0.5, 0.6) is 0 Å². The van der Waals surface area contributed by atoms with Crippen LogP contribution < -0.4 is 5.32 Å². The average molecular weight is 371 g/mol. The van der Waals surface area contributed by atoms with Crippen molar-refractivity contribution in [2.45, 2.75) is 25.8 Å². The Morgan fingerprint density at radius 1 is 0.963 bits per heavy atom. The number of anilines is 1. The Morgan fingerprint density at radius 2 is 1.67 bits per heavy atom. The summed E-state index contributed by atoms with van der Waals surface area (Å²) in [6, 6.07) is 5.42. The molecule has 1 N–H and O–H groups in total. The van der Waals surface area contributed by atoms with Gasteiger partial charge in [0.15, 0.2) is 0 Å². The second-order valence-corrected chi connectivity index (χ2v) is 6.90. The number of hydrogen-bond donors (Lipinski definition) is 1. The minimum Gasteiger partial charge on any atom is -0.335 e. The molecule has 3 heterocycles. The van der Waals surface area contributed by atoms with Crippen LogP contribution in [0.25, 0.3) is 0 Å². The van der Waals surface area contributed by atoms with E-state index in [-0.39, 0.29) is 17.8 Å². The van der Waals surface area contributed by atoms with Gasteiger partial charge in [-0.05, 0) is 43.5 Å². The fourth-order valence-electron chi connectivity index (χ4n) is 3.62. The fraction of sp³-hybridized carbons (Fsp3) is 0.421. The number of nitrogens with zero attached hydrogens (tertiary/aromatic N) is 4. The SMILES string of the molecule is O=C(Nc1ccc(F)cc1)N1CCN(C(=O)c2cnn3c2CCCC3)CC1. The van der Waals surface area contributed by atoms with E-state index in [0.717, 1.165) is 31.5 Å². The van der Waals surface area contributed by atoms with Crippen LogP contribution in [0.4, 0.5) is 14.9 Å². The molecule has 1 aromatic carbocycles. The molecule has 1 saturated heterocycles. The molecule has 0 unspecified atom stereocenters. The van der Waals surface area contributed by atoms with Gasteiger partial charge in [0.05, 0.1) is 17.5 Å². The van der Waals surface area contributed by atoms with E-state index in [1.165, 1.54) is 24.3 Å². The largest absolute Gasteiger partial charge is 0.335 e. The molecule has 2 aliphatic heterocycles. The number of carbonyl (C=O) groups excluding carboxylic acids is 2. The predicted octanol–water partition coefficient (Wildman–Crippen LogP) is 2.35. The van der Waals surface area contributed by atoms with Crippen molar-refractivity contribution in [3.8, 4) is 0 Å². The third kappa shape index (κ3) is 3.65. The van der Waals surface area contributed by atoms with E-state index in [1.807, 2.05) is 4.68 Å². The number of urea groups is 1. The summed E-state index contributed by atoms with van der Waals surface area (Å²) in [6.45, 7) is 2.77. The zero-order chi connectivity index (χ0) is 18.8. The Labute approximate surface area is 156 Å². The van der Waals surface area contributed by atoms with E-state index in [4.69, 9.17) is 0 Å². The normalized spacial score (nSPS) is 16.8. The maximum absolute atomic E-state index is 13.0. The van der Waals surface area contributed by atoms with E-state index < -0.39 is 0 Å². The summed E-state index contributed by atoms with van der Waals surface area (Å²) in [6.07, 6.45) is 4.76. The van der Waals surface area contributed by atoms with Crippen LogP contribution in [0.3, 0.4) is 0 Å². The van der Waals surface area contributed by atoms with Crippen molar-refractivity contribution in [2.24, 2.45) is 0 Å². The van der Waals surface area contributed by atoms with Crippen LogP contribution in [0.2, 0.25) is 0 Å². The minimum atomic E-state index is -0.345. The number of piperazine rings is 1. The quantitative estimate of drug-likeness (QED) is 0.881. The summed E-state index contributed by atoms with van der Waals surface area (Å²) < 4.78 is 14.9. The maximum atomic E-state index is 13.0. The molecule has 4 rings (SSSR count). The molecule has 0 radical (unpaired) electrons. The summed E-state index contributed by atoms with van der Waals surface area (Å²) in [5, 5.41) is 7.09. The van der Waals surface area contributed by atoms with E-state index >= 15 is 0 Å². The van der Waals surface area contributed by atoms with Gasteiger partial charge in [-0.15, -0.1) is 0 Å². The van der Waals surface area contributed by atoms with Gasteiger partial charge < -0.3 is 15.1 Å². The first kappa shape index (κ1) is 17.5. The third-order valence-electron chi connectivity index (χ3n) is 5.16. The summed E-state index contributed by atoms with van der Waals surface area (Å²) >= 11 is 0. The van der Waals surface area contributed by atoms with Crippen LogP contribution in [0, 0.1) is 5.82 Å². The summed E-state index contributed by atoms with van der Waals surface area (Å²) in [5.41, 5.74) is 2.27. The summed E-state index contributed by atoms with van der Waals surface area (Å²) in [7, 11) is 0. The Hall–Kier alpha value is -2.90. The van der Waals surface area contributed by atoms with Crippen molar-refractivity contribution < 1.29 is 14.0 Å². The van der Waals surface area contributed by atoms with Gasteiger partial charge in [-0.2, -0.15) is 5.10 Å². The van der Waals surface area contributed by atoms with Gasteiger partial charge in [-0.25, -0.2) is 9.18 Å². The molecule has 0 bridgehead atoms. The number of benzene rings is 1. The number of hydrogen-bond acceptors (Lipinski definition) is 3. The Kier molecular flexibility index (Phi) is 4.79. The van der Waals surface area contributed by atoms with E-state index in [1.54, 1.807) is 16.0 Å². The topological polar surface area (TPSA) is 70.5 Å². The van der Waals surface area contributed by atoms with Gasteiger partial charge in [-0.1, -0.05) is 0 Å². The molecule has 7 nitrogen and oxygen atoms in total. The Bertz CT molecular complexity index is 840. The molecule has 0 atom stereocenters. The van der Waals surface area contributed by atoms with Crippen LogP contribution in [0.1, 0.15) is 28.9 Å². The lowest BCUT2D eigenvalue weighted by molar-refractivity contribution is 0.0670. The Balaban J connectivity index is 1.34. The number of aryl methyl sites for hydroxylation is 1. The van der Waals surface area contributed by atoms with E-state index in [9.17, 15) is 14.0 Å². The molecule has 0 aliphatic carbocycles. The molecule has 1 fully saturated rings. The van der Waals surface area contributed by atoms with Crippen LogP contribution in [-0.4, -0.2) is 57.7 Å². The molecule has 3 amide bonds. The molecule has 8 heteroatoms. The van der Waals surface area contributed by atoms with Gasteiger partial charge in [-0.3, -0.25) is 9.48 Å². The number of halogens is 1. The monoisotopic (exact) mass is 371 g/mol. The predicted molar refractivity (Wildman–Crippen MR) is 98.1 cm³/mol. The number of nitrogens with one attached hydrogen (secondary N) is 1. The highest BCUT2D eigenvalue weighted by atomic mass is 19.1. The van der Waals surface area contributed by atoms with Gasteiger partial charge in [0.2, 0.25) is 0 Å². The smallest absolute Gasteiger partial charge is 0.321 e. The minimum absolute atomic E-state index is 0.00302. The average Bonchev–Trinajstić information content (AvgIpc) is 3.13. The van der Waals surface area contributed by atoms with Gasteiger partial charge in [0.1, 0.15) is 5.82 Å². The first-order chi connectivity index (χ1) is 13.1. The highest BCUT2D eigenvalue weighted by molar-refractivity contribution is 5.95. The highest BCUT2D eigenvalue weighted by Crippen LogP contribution is 2.20. The molecule has 27 heavy (non-hydrogen) atoms.